The van der Waals surface area contributed by atoms with Crippen molar-refractivity contribution in [3.8, 4) is 11.3 Å². The number of carbonyl (C=O) groups is 1. The van der Waals surface area contributed by atoms with E-state index >= 15 is 0 Å². The fourth-order valence-electron chi connectivity index (χ4n) is 3.01. The third-order valence-electron chi connectivity index (χ3n) is 4.43. The molecule has 3 rings (SSSR count). The minimum absolute atomic E-state index is 0.0653. The average Bonchev–Trinajstić information content (AvgIpc) is 3.19. The van der Waals surface area contributed by atoms with Gasteiger partial charge in [0.25, 0.3) is 0 Å². The summed E-state index contributed by atoms with van der Waals surface area (Å²) in [5.41, 5.74) is 2.06. The van der Waals surface area contributed by atoms with Crippen molar-refractivity contribution < 1.29 is 9.18 Å². The van der Waals surface area contributed by atoms with Gasteiger partial charge >= 0.3 is 6.03 Å². The highest BCUT2D eigenvalue weighted by atomic mass is 19.1. The molecule has 0 N–H and O–H groups in total. The molecule has 1 aliphatic carbocycles. The highest BCUT2D eigenvalue weighted by Gasteiger charge is 2.24. The fourth-order valence-corrected chi connectivity index (χ4v) is 3.01. The van der Waals surface area contributed by atoms with Crippen molar-refractivity contribution in [3.63, 3.8) is 0 Å². The number of hydrogen-bond acceptors (Lipinski definition) is 2. The van der Waals surface area contributed by atoms with E-state index in [0.717, 1.165) is 18.4 Å². The standard InChI is InChI=1S/C17H20FN3O/c1-12-9-13(7-8-15(12)18)16-10-21(11-19-16)17(22)20(2)14-5-3-4-6-14/h7-11,14H,3-6H2,1-2H3. The van der Waals surface area contributed by atoms with Gasteiger partial charge in [-0.15, -0.1) is 0 Å². The number of halogens is 1. The number of imidazole rings is 1. The summed E-state index contributed by atoms with van der Waals surface area (Å²) in [6.45, 7) is 1.72. The predicted octanol–water partition coefficient (Wildman–Crippen LogP) is 3.84. The smallest absolute Gasteiger partial charge is 0.324 e. The van der Waals surface area contributed by atoms with Crippen molar-refractivity contribution in [2.45, 2.75) is 38.6 Å². The van der Waals surface area contributed by atoms with Gasteiger partial charge in [0.15, 0.2) is 0 Å². The van der Waals surface area contributed by atoms with E-state index in [1.165, 1.54) is 29.8 Å². The van der Waals surface area contributed by atoms with Crippen LogP contribution in [0.2, 0.25) is 0 Å². The largest absolute Gasteiger partial charge is 0.329 e. The Bertz CT molecular complexity index is 689. The molecule has 1 aromatic carbocycles. The molecule has 0 atom stereocenters. The van der Waals surface area contributed by atoms with E-state index in [1.807, 2.05) is 7.05 Å². The Morgan fingerprint density at radius 1 is 1.36 bits per heavy atom. The van der Waals surface area contributed by atoms with Crippen LogP contribution in [0.15, 0.2) is 30.7 Å². The second-order valence-electron chi connectivity index (χ2n) is 5.96. The Kier molecular flexibility index (Phi) is 3.96. The normalized spacial score (nSPS) is 15.2. The van der Waals surface area contributed by atoms with Gasteiger partial charge in [0, 0.05) is 24.8 Å². The monoisotopic (exact) mass is 301 g/mol. The molecule has 0 bridgehead atoms. The number of carbonyl (C=O) groups excluding carboxylic acids is 1. The van der Waals surface area contributed by atoms with Crippen LogP contribution in [0.25, 0.3) is 11.3 Å². The number of hydrogen-bond donors (Lipinski definition) is 0. The summed E-state index contributed by atoms with van der Waals surface area (Å²) in [6.07, 6.45) is 7.75. The van der Waals surface area contributed by atoms with E-state index in [0.29, 0.717) is 17.3 Å². The zero-order chi connectivity index (χ0) is 15.7. The molecule has 1 aliphatic rings. The van der Waals surface area contributed by atoms with Gasteiger partial charge in [-0.3, -0.25) is 4.57 Å². The van der Waals surface area contributed by atoms with Crippen molar-refractivity contribution in [1.82, 2.24) is 14.5 Å². The van der Waals surface area contributed by atoms with E-state index < -0.39 is 0 Å². The Balaban J connectivity index is 1.80. The molecule has 2 aromatic rings. The molecule has 1 amide bonds. The first kappa shape index (κ1) is 14.8. The van der Waals surface area contributed by atoms with E-state index in [2.05, 4.69) is 4.98 Å². The first-order chi connectivity index (χ1) is 10.6. The molecule has 1 heterocycles. The molecule has 5 heteroatoms. The van der Waals surface area contributed by atoms with Crippen LogP contribution in [-0.4, -0.2) is 33.6 Å². The molecular formula is C17H20FN3O. The van der Waals surface area contributed by atoms with E-state index in [9.17, 15) is 9.18 Å². The Morgan fingerprint density at radius 3 is 2.77 bits per heavy atom. The van der Waals surface area contributed by atoms with Crippen LogP contribution in [-0.2, 0) is 0 Å². The van der Waals surface area contributed by atoms with E-state index in [-0.39, 0.29) is 11.8 Å². The third-order valence-corrected chi connectivity index (χ3v) is 4.43. The Morgan fingerprint density at radius 2 is 2.09 bits per heavy atom. The number of amides is 1. The van der Waals surface area contributed by atoms with Crippen molar-refractivity contribution >= 4 is 6.03 Å². The summed E-state index contributed by atoms with van der Waals surface area (Å²) in [4.78, 5) is 18.6. The predicted molar refractivity (Wildman–Crippen MR) is 83.2 cm³/mol. The lowest BCUT2D eigenvalue weighted by atomic mass is 10.1. The van der Waals surface area contributed by atoms with Gasteiger partial charge in [-0.25, -0.2) is 14.2 Å². The van der Waals surface area contributed by atoms with Crippen LogP contribution in [0.4, 0.5) is 9.18 Å². The van der Waals surface area contributed by atoms with Crippen molar-refractivity contribution in [2.24, 2.45) is 0 Å². The Labute approximate surface area is 129 Å². The molecule has 0 aliphatic heterocycles. The molecular weight excluding hydrogens is 281 g/mol. The summed E-state index contributed by atoms with van der Waals surface area (Å²) < 4.78 is 14.8. The van der Waals surface area contributed by atoms with E-state index in [1.54, 1.807) is 30.2 Å². The number of aryl methyl sites for hydroxylation is 1. The highest BCUT2D eigenvalue weighted by molar-refractivity contribution is 5.78. The number of nitrogens with zero attached hydrogens (tertiary/aromatic N) is 3. The van der Waals surface area contributed by atoms with E-state index in [4.69, 9.17) is 0 Å². The molecule has 1 fully saturated rings. The van der Waals surface area contributed by atoms with Crippen molar-refractivity contribution in [2.75, 3.05) is 7.05 Å². The molecule has 4 nitrogen and oxygen atoms in total. The van der Waals surface area contributed by atoms with Gasteiger partial charge in [0.2, 0.25) is 0 Å². The molecule has 116 valence electrons. The second-order valence-corrected chi connectivity index (χ2v) is 5.96. The summed E-state index contributed by atoms with van der Waals surface area (Å²) in [6, 6.07) is 5.11. The number of benzene rings is 1. The van der Waals surface area contributed by atoms with Crippen LogP contribution in [0.5, 0.6) is 0 Å². The van der Waals surface area contributed by atoms with Gasteiger partial charge in [-0.1, -0.05) is 12.8 Å². The first-order valence-corrected chi connectivity index (χ1v) is 7.64. The number of rotatable bonds is 2. The molecule has 0 unspecified atom stereocenters. The highest BCUT2D eigenvalue weighted by Crippen LogP contribution is 2.24. The zero-order valence-corrected chi connectivity index (χ0v) is 12.9. The second kappa shape index (κ2) is 5.91. The summed E-state index contributed by atoms with van der Waals surface area (Å²) >= 11 is 0. The van der Waals surface area contributed by atoms with Crippen LogP contribution < -0.4 is 0 Å². The lowest BCUT2D eigenvalue weighted by molar-refractivity contribution is 0.192. The summed E-state index contributed by atoms with van der Waals surface area (Å²) in [5.74, 6) is -0.236. The molecule has 22 heavy (non-hydrogen) atoms. The zero-order valence-electron chi connectivity index (χ0n) is 12.9. The van der Waals surface area contributed by atoms with Crippen LogP contribution in [0, 0.1) is 12.7 Å². The minimum atomic E-state index is -0.236. The number of aromatic nitrogens is 2. The maximum atomic E-state index is 13.3. The SMILES string of the molecule is Cc1cc(-c2cn(C(=O)N(C)C3CCCC3)cn2)ccc1F. The van der Waals surface area contributed by atoms with Crippen LogP contribution >= 0.6 is 0 Å². The van der Waals surface area contributed by atoms with Crippen molar-refractivity contribution in [1.29, 1.82) is 0 Å². The van der Waals surface area contributed by atoms with Crippen LogP contribution in [0.3, 0.4) is 0 Å². The molecule has 0 saturated heterocycles. The van der Waals surface area contributed by atoms with Gasteiger partial charge in [-0.2, -0.15) is 0 Å². The maximum Gasteiger partial charge on any atom is 0.329 e. The quantitative estimate of drug-likeness (QED) is 0.845. The molecule has 1 aromatic heterocycles. The summed E-state index contributed by atoms with van der Waals surface area (Å²) in [7, 11) is 1.85. The molecule has 1 saturated carbocycles. The van der Waals surface area contributed by atoms with Crippen molar-refractivity contribution in [3.05, 3.63) is 42.1 Å². The van der Waals surface area contributed by atoms with Gasteiger partial charge in [-0.05, 0) is 43.5 Å². The van der Waals surface area contributed by atoms with Crippen LogP contribution in [0.1, 0.15) is 31.2 Å². The third kappa shape index (κ3) is 2.75. The van der Waals surface area contributed by atoms with Gasteiger partial charge in [0.1, 0.15) is 12.1 Å². The minimum Gasteiger partial charge on any atom is -0.324 e. The average molecular weight is 301 g/mol. The summed E-state index contributed by atoms with van der Waals surface area (Å²) in [5, 5.41) is 0. The lowest BCUT2D eigenvalue weighted by Crippen LogP contribution is -2.37. The maximum absolute atomic E-state index is 13.3. The fraction of sp³-hybridized carbons (Fsp3) is 0.412. The topological polar surface area (TPSA) is 38.1 Å². The lowest BCUT2D eigenvalue weighted by Gasteiger charge is -2.23. The van der Waals surface area contributed by atoms with Gasteiger partial charge in [0.05, 0.1) is 5.69 Å². The molecule has 0 spiro atoms. The first-order valence-electron chi connectivity index (χ1n) is 7.64. The van der Waals surface area contributed by atoms with Gasteiger partial charge < -0.3 is 4.90 Å². The Hall–Kier alpha value is -2.17. The molecule has 0 radical (unpaired) electrons.